The maximum atomic E-state index is 12.2. The van der Waals surface area contributed by atoms with Crippen molar-refractivity contribution in [3.63, 3.8) is 0 Å². The quantitative estimate of drug-likeness (QED) is 0.685. The van der Waals surface area contributed by atoms with Crippen molar-refractivity contribution in [2.24, 2.45) is 23.2 Å². The van der Waals surface area contributed by atoms with Crippen LogP contribution in [0.3, 0.4) is 0 Å². The third kappa shape index (κ3) is 1.83. The highest BCUT2D eigenvalue weighted by molar-refractivity contribution is 5.77. The van der Waals surface area contributed by atoms with Crippen LogP contribution in [0.4, 0.5) is 0 Å². The molecule has 4 atom stereocenters. The van der Waals surface area contributed by atoms with E-state index in [2.05, 4.69) is 13.8 Å². The maximum Gasteiger partial charge on any atom is 0.311 e. The second kappa shape index (κ2) is 4.45. The van der Waals surface area contributed by atoms with E-state index in [0.29, 0.717) is 31.0 Å². The fourth-order valence-corrected chi connectivity index (χ4v) is 4.51. The Kier molecular flexibility index (Phi) is 3.13. The summed E-state index contributed by atoms with van der Waals surface area (Å²) in [6, 6.07) is 0. The number of hydrogen-bond acceptors (Lipinski definition) is 4. The van der Waals surface area contributed by atoms with E-state index < -0.39 is 5.79 Å². The second-order valence-electron chi connectivity index (χ2n) is 6.68. The largest absolute Gasteiger partial charge is 0.469 e. The van der Waals surface area contributed by atoms with Crippen molar-refractivity contribution in [1.29, 1.82) is 0 Å². The normalized spacial score (nSPS) is 44.3. The zero-order valence-electron chi connectivity index (χ0n) is 12.1. The van der Waals surface area contributed by atoms with E-state index >= 15 is 0 Å². The molecule has 0 amide bonds. The molecule has 4 aliphatic rings. The Morgan fingerprint density at radius 2 is 1.89 bits per heavy atom. The number of carbonyl (C=O) groups excluding carboxylic acids is 1. The van der Waals surface area contributed by atoms with Gasteiger partial charge in [-0.15, -0.1) is 0 Å². The van der Waals surface area contributed by atoms with Crippen molar-refractivity contribution in [3.8, 4) is 0 Å². The molecule has 0 aromatic rings. The summed E-state index contributed by atoms with van der Waals surface area (Å²) in [5.41, 5.74) is -0.370. The van der Waals surface area contributed by atoms with Gasteiger partial charge in [-0.2, -0.15) is 0 Å². The number of ether oxygens (including phenoxy) is 3. The van der Waals surface area contributed by atoms with Gasteiger partial charge in [-0.1, -0.05) is 6.92 Å². The molecular formula is C15H24O4. The summed E-state index contributed by atoms with van der Waals surface area (Å²) in [6.45, 7) is 5.70. The van der Waals surface area contributed by atoms with Gasteiger partial charge in [0, 0.05) is 12.3 Å². The molecule has 0 aromatic carbocycles. The Morgan fingerprint density at radius 3 is 2.53 bits per heavy atom. The Balaban J connectivity index is 1.96. The summed E-state index contributed by atoms with van der Waals surface area (Å²) in [5.74, 6) is 0.657. The molecule has 1 heterocycles. The minimum atomic E-state index is -0.423. The molecule has 0 radical (unpaired) electrons. The van der Waals surface area contributed by atoms with Crippen molar-refractivity contribution in [2.75, 3.05) is 20.3 Å². The van der Waals surface area contributed by atoms with E-state index in [1.54, 1.807) is 0 Å². The third-order valence-electron chi connectivity index (χ3n) is 5.73. The molecule has 4 fully saturated rings. The number of methoxy groups -OCH3 is 1. The monoisotopic (exact) mass is 268 g/mol. The van der Waals surface area contributed by atoms with Gasteiger partial charge < -0.3 is 14.2 Å². The van der Waals surface area contributed by atoms with E-state index in [1.807, 2.05) is 0 Å². The van der Waals surface area contributed by atoms with Crippen LogP contribution in [-0.4, -0.2) is 32.1 Å². The number of hydrogen-bond donors (Lipinski definition) is 0. The molecular weight excluding hydrogens is 244 g/mol. The van der Waals surface area contributed by atoms with Crippen LogP contribution in [-0.2, 0) is 19.0 Å². The van der Waals surface area contributed by atoms with Crippen molar-refractivity contribution < 1.29 is 19.0 Å². The number of fused-ring (bicyclic) bond motifs is 3. The molecule has 3 saturated carbocycles. The van der Waals surface area contributed by atoms with Crippen LogP contribution in [0.5, 0.6) is 0 Å². The summed E-state index contributed by atoms with van der Waals surface area (Å²) in [6.07, 6.45) is 3.88. The van der Waals surface area contributed by atoms with E-state index in [0.717, 1.165) is 25.7 Å². The molecule has 3 aliphatic carbocycles. The predicted molar refractivity (Wildman–Crippen MR) is 69.4 cm³/mol. The van der Waals surface area contributed by atoms with Gasteiger partial charge in [-0.25, -0.2) is 0 Å². The highest BCUT2D eigenvalue weighted by Gasteiger charge is 2.61. The molecule has 0 aromatic heterocycles. The predicted octanol–water partition coefficient (Wildman–Crippen LogP) is 2.36. The van der Waals surface area contributed by atoms with Crippen LogP contribution in [0.1, 0.15) is 39.5 Å². The minimum Gasteiger partial charge on any atom is -0.469 e. The topological polar surface area (TPSA) is 44.8 Å². The fourth-order valence-electron chi connectivity index (χ4n) is 4.51. The van der Waals surface area contributed by atoms with E-state index in [4.69, 9.17) is 14.2 Å². The highest BCUT2D eigenvalue weighted by atomic mass is 16.7. The Labute approximate surface area is 114 Å². The van der Waals surface area contributed by atoms with Crippen molar-refractivity contribution in [3.05, 3.63) is 0 Å². The Hall–Kier alpha value is -0.610. The first-order valence-electron chi connectivity index (χ1n) is 7.38. The van der Waals surface area contributed by atoms with Crippen LogP contribution in [0.15, 0.2) is 0 Å². The molecule has 0 unspecified atom stereocenters. The molecule has 4 nitrogen and oxygen atoms in total. The number of carbonyl (C=O) groups is 1. The molecule has 0 N–H and O–H groups in total. The van der Waals surface area contributed by atoms with Crippen LogP contribution < -0.4 is 0 Å². The molecule has 2 bridgehead atoms. The van der Waals surface area contributed by atoms with Gasteiger partial charge in [-0.3, -0.25) is 4.79 Å². The van der Waals surface area contributed by atoms with E-state index in [-0.39, 0.29) is 11.4 Å². The first-order valence-corrected chi connectivity index (χ1v) is 7.38. The molecule has 1 saturated heterocycles. The highest BCUT2D eigenvalue weighted by Crippen LogP contribution is 2.58. The van der Waals surface area contributed by atoms with Crippen LogP contribution in [0.25, 0.3) is 0 Å². The first-order chi connectivity index (χ1) is 9.02. The molecule has 4 rings (SSSR count). The lowest BCUT2D eigenvalue weighted by Crippen LogP contribution is -2.53. The second-order valence-corrected chi connectivity index (χ2v) is 6.68. The lowest BCUT2D eigenvalue weighted by molar-refractivity contribution is -0.245. The van der Waals surface area contributed by atoms with Gasteiger partial charge in [0.1, 0.15) is 0 Å². The third-order valence-corrected chi connectivity index (χ3v) is 5.73. The van der Waals surface area contributed by atoms with Crippen molar-refractivity contribution >= 4 is 5.97 Å². The lowest BCUT2D eigenvalue weighted by Gasteiger charge is -2.49. The van der Waals surface area contributed by atoms with Crippen LogP contribution >= 0.6 is 0 Å². The van der Waals surface area contributed by atoms with Gasteiger partial charge >= 0.3 is 5.97 Å². The molecule has 108 valence electrons. The zero-order valence-corrected chi connectivity index (χ0v) is 12.1. The van der Waals surface area contributed by atoms with Crippen molar-refractivity contribution in [2.45, 2.75) is 45.3 Å². The van der Waals surface area contributed by atoms with E-state index in [9.17, 15) is 4.79 Å². The zero-order chi connectivity index (χ0) is 13.7. The van der Waals surface area contributed by atoms with Crippen LogP contribution in [0.2, 0.25) is 0 Å². The smallest absolute Gasteiger partial charge is 0.311 e. The SMILES string of the molecule is COC(=O)[C@]1(C)C[C@H]2[C@H](C)CC[C@@H]1CC21OCCO1. The summed E-state index contributed by atoms with van der Waals surface area (Å²) in [4.78, 5) is 12.2. The van der Waals surface area contributed by atoms with Gasteiger partial charge in [0.05, 0.1) is 25.7 Å². The summed E-state index contributed by atoms with van der Waals surface area (Å²) >= 11 is 0. The van der Waals surface area contributed by atoms with Gasteiger partial charge in [0.15, 0.2) is 5.79 Å². The standard InChI is InChI=1S/C15H24O4/c1-10-4-5-11-8-15(18-6-7-19-15)12(10)9-14(11,2)13(16)17-3/h10-12H,4-9H2,1-3H3/t10-,11-,12+,14-/m1/s1. The molecule has 4 heteroatoms. The molecule has 1 spiro atoms. The fraction of sp³-hybridized carbons (Fsp3) is 0.933. The van der Waals surface area contributed by atoms with Gasteiger partial charge in [0.25, 0.3) is 0 Å². The van der Waals surface area contributed by atoms with E-state index in [1.165, 1.54) is 7.11 Å². The first kappa shape index (κ1) is 13.4. The Bertz CT molecular complexity index is 374. The lowest BCUT2D eigenvalue weighted by atomic mass is 9.61. The summed E-state index contributed by atoms with van der Waals surface area (Å²) in [7, 11) is 1.49. The van der Waals surface area contributed by atoms with Gasteiger partial charge in [-0.05, 0) is 38.0 Å². The van der Waals surface area contributed by atoms with Crippen LogP contribution in [0, 0.1) is 23.2 Å². The Morgan fingerprint density at radius 1 is 1.21 bits per heavy atom. The minimum absolute atomic E-state index is 0.0653. The number of esters is 1. The average Bonchev–Trinajstić information content (AvgIpc) is 2.77. The molecule has 1 aliphatic heterocycles. The van der Waals surface area contributed by atoms with Crippen molar-refractivity contribution in [1.82, 2.24) is 0 Å². The average molecular weight is 268 g/mol. The summed E-state index contributed by atoms with van der Waals surface area (Å²) in [5, 5.41) is 0. The number of rotatable bonds is 1. The maximum absolute atomic E-state index is 12.2. The summed E-state index contributed by atoms with van der Waals surface area (Å²) < 4.78 is 17.1. The molecule has 19 heavy (non-hydrogen) atoms. The van der Waals surface area contributed by atoms with Gasteiger partial charge in [0.2, 0.25) is 0 Å².